The maximum absolute atomic E-state index is 11.6. The molecule has 3 N–H and O–H groups in total. The van der Waals surface area contributed by atoms with Crippen LogP contribution in [0.1, 0.15) is 18.0 Å². The minimum absolute atomic E-state index is 0.0127. The number of aromatic amines is 1. The van der Waals surface area contributed by atoms with Crippen molar-refractivity contribution in [1.82, 2.24) is 9.55 Å². The third kappa shape index (κ3) is 1.94. The molecule has 1 aliphatic carbocycles. The molecular formula is C11H16N2O4. The molecule has 94 valence electrons. The summed E-state index contributed by atoms with van der Waals surface area (Å²) in [5.74, 6) is -0.0906. The molecule has 0 amide bonds. The van der Waals surface area contributed by atoms with E-state index in [-0.39, 0.29) is 36.7 Å². The van der Waals surface area contributed by atoms with Crippen molar-refractivity contribution < 1.29 is 10.2 Å². The van der Waals surface area contributed by atoms with Gasteiger partial charge in [0.15, 0.2) is 0 Å². The molecule has 0 unspecified atom stereocenters. The molecule has 0 spiro atoms. The van der Waals surface area contributed by atoms with Crippen LogP contribution in [0.3, 0.4) is 0 Å². The van der Waals surface area contributed by atoms with Crippen LogP contribution in [-0.2, 0) is 0 Å². The number of aromatic nitrogens is 2. The molecule has 1 aromatic rings. The van der Waals surface area contributed by atoms with Crippen molar-refractivity contribution in [1.29, 1.82) is 0 Å². The van der Waals surface area contributed by atoms with Crippen LogP contribution >= 0.6 is 0 Å². The fourth-order valence-electron chi connectivity index (χ4n) is 2.41. The summed E-state index contributed by atoms with van der Waals surface area (Å²) >= 11 is 0. The molecule has 0 aliphatic heterocycles. The van der Waals surface area contributed by atoms with Crippen molar-refractivity contribution in [2.45, 2.75) is 19.4 Å². The Morgan fingerprint density at radius 2 is 2.12 bits per heavy atom. The number of aliphatic hydroxyl groups is 2. The molecule has 3 atom stereocenters. The molecule has 1 saturated carbocycles. The summed E-state index contributed by atoms with van der Waals surface area (Å²) in [5.41, 5.74) is -0.376. The summed E-state index contributed by atoms with van der Waals surface area (Å²) in [6.07, 6.45) is 2.16. The quantitative estimate of drug-likeness (QED) is 0.632. The molecule has 1 fully saturated rings. The molecule has 0 radical (unpaired) electrons. The van der Waals surface area contributed by atoms with Gasteiger partial charge in [-0.25, -0.2) is 4.79 Å². The molecule has 6 nitrogen and oxygen atoms in total. The average molecular weight is 240 g/mol. The Bertz CT molecular complexity index is 519. The van der Waals surface area contributed by atoms with Crippen LogP contribution in [0, 0.1) is 18.8 Å². The van der Waals surface area contributed by atoms with E-state index >= 15 is 0 Å². The molecule has 1 aromatic heterocycles. The van der Waals surface area contributed by atoms with Crippen molar-refractivity contribution >= 4 is 0 Å². The fraction of sp³-hybridized carbons (Fsp3) is 0.636. The summed E-state index contributed by atoms with van der Waals surface area (Å²) in [5, 5.41) is 18.3. The van der Waals surface area contributed by atoms with Gasteiger partial charge in [0, 0.05) is 36.9 Å². The Morgan fingerprint density at radius 1 is 1.41 bits per heavy atom. The van der Waals surface area contributed by atoms with Crippen molar-refractivity contribution in [3.05, 3.63) is 32.6 Å². The van der Waals surface area contributed by atoms with Crippen LogP contribution in [0.25, 0.3) is 0 Å². The molecular weight excluding hydrogens is 224 g/mol. The number of hydrogen-bond donors (Lipinski definition) is 3. The molecule has 6 heteroatoms. The first-order valence-corrected chi connectivity index (χ1v) is 5.62. The first-order valence-electron chi connectivity index (χ1n) is 5.62. The number of aliphatic hydroxyl groups excluding tert-OH is 2. The first-order chi connectivity index (χ1) is 8.08. The lowest BCUT2D eigenvalue weighted by atomic mass is 9.70. The van der Waals surface area contributed by atoms with Gasteiger partial charge < -0.3 is 10.2 Å². The molecule has 17 heavy (non-hydrogen) atoms. The Morgan fingerprint density at radius 3 is 2.71 bits per heavy atom. The number of nitrogens with zero attached hydrogens (tertiary/aromatic N) is 1. The van der Waals surface area contributed by atoms with E-state index in [0.717, 1.165) is 0 Å². The van der Waals surface area contributed by atoms with Gasteiger partial charge in [-0.15, -0.1) is 0 Å². The highest BCUT2D eigenvalue weighted by atomic mass is 16.3. The third-order valence-electron chi connectivity index (χ3n) is 3.59. The number of nitrogens with one attached hydrogen (secondary N) is 1. The predicted octanol–water partition coefficient (Wildman–Crippen LogP) is -0.993. The average Bonchev–Trinajstić information content (AvgIpc) is 2.25. The monoisotopic (exact) mass is 240 g/mol. The minimum atomic E-state index is -0.458. The second-order valence-electron chi connectivity index (χ2n) is 4.57. The lowest BCUT2D eigenvalue weighted by molar-refractivity contribution is -0.00881. The Hall–Kier alpha value is -1.40. The zero-order chi connectivity index (χ0) is 12.6. The van der Waals surface area contributed by atoms with E-state index in [1.165, 1.54) is 10.8 Å². The van der Waals surface area contributed by atoms with E-state index in [1.807, 2.05) is 0 Å². The second-order valence-corrected chi connectivity index (χ2v) is 4.57. The normalized spacial score (nSPS) is 27.8. The standard InChI is InChI=1S/C11H16N2O4/c1-6-3-13(11(17)12-10(6)16)9-2-7(4-14)8(9)5-15/h3,7-9,14-15H,2,4-5H2,1H3,(H,12,16,17)/t7-,8-,9-/m1/s1. The van der Waals surface area contributed by atoms with Gasteiger partial charge in [0.1, 0.15) is 0 Å². The van der Waals surface area contributed by atoms with Gasteiger partial charge in [-0.1, -0.05) is 0 Å². The van der Waals surface area contributed by atoms with Crippen LogP contribution in [0.2, 0.25) is 0 Å². The lowest BCUT2D eigenvalue weighted by Crippen LogP contribution is -2.47. The topological polar surface area (TPSA) is 95.3 Å². The van der Waals surface area contributed by atoms with E-state index in [4.69, 9.17) is 5.11 Å². The molecule has 2 rings (SSSR count). The van der Waals surface area contributed by atoms with Gasteiger partial charge in [0.25, 0.3) is 5.56 Å². The van der Waals surface area contributed by atoms with Crippen LogP contribution in [0.4, 0.5) is 0 Å². The number of H-pyrrole nitrogens is 1. The van der Waals surface area contributed by atoms with E-state index in [2.05, 4.69) is 4.98 Å². The highest BCUT2D eigenvalue weighted by Crippen LogP contribution is 2.42. The molecule has 0 saturated heterocycles. The van der Waals surface area contributed by atoms with Crippen molar-refractivity contribution in [2.75, 3.05) is 13.2 Å². The summed E-state index contributed by atoms with van der Waals surface area (Å²) in [6, 6.07) is -0.139. The lowest BCUT2D eigenvalue weighted by Gasteiger charge is -2.43. The van der Waals surface area contributed by atoms with Gasteiger partial charge in [-0.05, 0) is 19.3 Å². The zero-order valence-electron chi connectivity index (χ0n) is 9.59. The maximum Gasteiger partial charge on any atom is 0.328 e. The number of rotatable bonds is 3. The largest absolute Gasteiger partial charge is 0.396 e. The molecule has 1 aliphatic rings. The number of hydrogen-bond acceptors (Lipinski definition) is 4. The Labute approximate surface area is 97.5 Å². The third-order valence-corrected chi connectivity index (χ3v) is 3.59. The summed E-state index contributed by atoms with van der Waals surface area (Å²) in [6.45, 7) is 1.57. The van der Waals surface area contributed by atoms with Gasteiger partial charge in [-0.2, -0.15) is 0 Å². The van der Waals surface area contributed by atoms with Crippen LogP contribution in [0.15, 0.2) is 15.8 Å². The SMILES string of the molecule is Cc1cn([C@@H]2C[C@H](CO)[C@H]2CO)c(=O)[nH]c1=O. The second kappa shape index (κ2) is 4.46. The summed E-state index contributed by atoms with van der Waals surface area (Å²) in [7, 11) is 0. The van der Waals surface area contributed by atoms with E-state index in [0.29, 0.717) is 12.0 Å². The van der Waals surface area contributed by atoms with Gasteiger partial charge in [0.05, 0.1) is 0 Å². The fourth-order valence-corrected chi connectivity index (χ4v) is 2.41. The van der Waals surface area contributed by atoms with Crippen molar-refractivity contribution in [2.24, 2.45) is 11.8 Å². The van der Waals surface area contributed by atoms with Crippen LogP contribution in [-0.4, -0.2) is 33.0 Å². The number of aryl methyl sites for hydroxylation is 1. The van der Waals surface area contributed by atoms with E-state index in [9.17, 15) is 14.7 Å². The molecule has 0 aromatic carbocycles. The van der Waals surface area contributed by atoms with Crippen molar-refractivity contribution in [3.8, 4) is 0 Å². The Balaban J connectivity index is 2.33. The van der Waals surface area contributed by atoms with E-state index in [1.54, 1.807) is 6.92 Å². The zero-order valence-corrected chi connectivity index (χ0v) is 9.59. The summed E-state index contributed by atoms with van der Waals surface area (Å²) in [4.78, 5) is 25.1. The predicted molar refractivity (Wildman–Crippen MR) is 60.9 cm³/mol. The van der Waals surface area contributed by atoms with Crippen LogP contribution in [0.5, 0.6) is 0 Å². The van der Waals surface area contributed by atoms with Gasteiger partial charge >= 0.3 is 5.69 Å². The van der Waals surface area contributed by atoms with Crippen LogP contribution < -0.4 is 11.2 Å². The van der Waals surface area contributed by atoms with Gasteiger partial charge in [-0.3, -0.25) is 14.3 Å². The molecule has 0 bridgehead atoms. The van der Waals surface area contributed by atoms with Gasteiger partial charge in [0.2, 0.25) is 0 Å². The Kier molecular flexibility index (Phi) is 3.17. The smallest absolute Gasteiger partial charge is 0.328 e. The highest BCUT2D eigenvalue weighted by molar-refractivity contribution is 5.04. The first kappa shape index (κ1) is 12.1. The maximum atomic E-state index is 11.6. The van der Waals surface area contributed by atoms with E-state index < -0.39 is 5.69 Å². The highest BCUT2D eigenvalue weighted by Gasteiger charge is 2.41. The summed E-state index contributed by atoms with van der Waals surface area (Å²) < 4.78 is 1.45. The minimum Gasteiger partial charge on any atom is -0.396 e. The van der Waals surface area contributed by atoms with Crippen molar-refractivity contribution in [3.63, 3.8) is 0 Å². The molecule has 1 heterocycles.